The maximum Gasteiger partial charge on any atom is 0.283 e. The Kier molecular flexibility index (Phi) is 5.04. The first-order chi connectivity index (χ1) is 14.9. The molecule has 1 amide bonds. The first-order valence-electron chi connectivity index (χ1n) is 9.41. The fourth-order valence-corrected chi connectivity index (χ4v) is 5.52. The van der Waals surface area contributed by atoms with Crippen LogP contribution in [0.3, 0.4) is 0 Å². The second-order valence-corrected chi connectivity index (χ2v) is 9.86. The summed E-state index contributed by atoms with van der Waals surface area (Å²) < 4.78 is 3.14. The number of thioether (sulfide) groups is 1. The number of hydrogen-bond donors (Lipinski definition) is 1. The number of carbonyl (C=O) groups excluding carboxylic acids is 1. The SMILES string of the molecule is Cc1cc(/C=C2/C(=N)N3N=C(c4cccs4)SC3=NC2=O)c(C)n1-c1ccc(Br)cc1. The van der Waals surface area contributed by atoms with Crippen molar-refractivity contribution in [3.05, 3.63) is 79.7 Å². The largest absolute Gasteiger partial charge is 0.318 e. The van der Waals surface area contributed by atoms with Crippen molar-refractivity contribution in [1.82, 2.24) is 9.58 Å². The molecule has 154 valence electrons. The zero-order valence-corrected chi connectivity index (χ0v) is 19.8. The van der Waals surface area contributed by atoms with E-state index in [0.717, 1.165) is 37.0 Å². The fraction of sp³-hybridized carbons (Fsp3) is 0.0909. The van der Waals surface area contributed by atoms with Gasteiger partial charge in [-0.05, 0) is 79.0 Å². The third-order valence-electron chi connectivity index (χ3n) is 5.04. The Labute approximate surface area is 195 Å². The number of thiophene rings is 1. The molecule has 4 heterocycles. The van der Waals surface area contributed by atoms with Crippen LogP contribution in [-0.4, -0.2) is 31.5 Å². The van der Waals surface area contributed by atoms with Gasteiger partial charge in [-0.2, -0.15) is 15.1 Å². The van der Waals surface area contributed by atoms with E-state index in [4.69, 9.17) is 5.41 Å². The molecule has 0 unspecified atom stereocenters. The smallest absolute Gasteiger partial charge is 0.283 e. The fourth-order valence-electron chi connectivity index (χ4n) is 3.57. The third kappa shape index (κ3) is 3.52. The van der Waals surface area contributed by atoms with Crippen molar-refractivity contribution in [2.24, 2.45) is 10.1 Å². The quantitative estimate of drug-likeness (QED) is 0.467. The first kappa shape index (κ1) is 20.2. The number of aryl methyl sites for hydroxylation is 1. The van der Waals surface area contributed by atoms with Gasteiger partial charge in [-0.25, -0.2) is 0 Å². The minimum Gasteiger partial charge on any atom is -0.318 e. The summed E-state index contributed by atoms with van der Waals surface area (Å²) in [6, 6.07) is 14.0. The molecule has 0 spiro atoms. The van der Waals surface area contributed by atoms with Crippen LogP contribution in [-0.2, 0) is 4.79 Å². The Morgan fingerprint density at radius 2 is 1.94 bits per heavy atom. The van der Waals surface area contributed by atoms with Crippen LogP contribution in [0.1, 0.15) is 21.8 Å². The first-order valence-corrected chi connectivity index (χ1v) is 11.9. The number of aliphatic imine (C=N–C) groups is 1. The van der Waals surface area contributed by atoms with Gasteiger partial charge >= 0.3 is 0 Å². The van der Waals surface area contributed by atoms with Gasteiger partial charge in [0.15, 0.2) is 5.84 Å². The van der Waals surface area contributed by atoms with E-state index in [1.54, 1.807) is 17.4 Å². The highest BCUT2D eigenvalue weighted by molar-refractivity contribution is 9.10. The second-order valence-electron chi connectivity index (χ2n) is 7.04. The number of halogens is 1. The zero-order chi connectivity index (χ0) is 21.7. The van der Waals surface area contributed by atoms with E-state index in [0.29, 0.717) is 5.17 Å². The van der Waals surface area contributed by atoms with Gasteiger partial charge in [0.25, 0.3) is 5.91 Å². The Balaban J connectivity index is 1.52. The molecule has 2 aliphatic rings. The predicted octanol–water partition coefficient (Wildman–Crippen LogP) is 5.59. The van der Waals surface area contributed by atoms with Gasteiger partial charge in [-0.1, -0.05) is 22.0 Å². The van der Waals surface area contributed by atoms with Crippen LogP contribution in [0.4, 0.5) is 0 Å². The summed E-state index contributed by atoms with van der Waals surface area (Å²) in [7, 11) is 0. The molecule has 0 radical (unpaired) electrons. The molecule has 2 aromatic heterocycles. The lowest BCUT2D eigenvalue weighted by molar-refractivity contribution is -0.114. The van der Waals surface area contributed by atoms with Crippen molar-refractivity contribution >= 4 is 67.1 Å². The molecule has 2 aliphatic heterocycles. The number of fused-ring (bicyclic) bond motifs is 1. The highest BCUT2D eigenvalue weighted by atomic mass is 79.9. The molecule has 0 atom stereocenters. The highest BCUT2D eigenvalue weighted by Crippen LogP contribution is 2.33. The van der Waals surface area contributed by atoms with Gasteiger partial charge in [0, 0.05) is 21.5 Å². The average molecular weight is 510 g/mol. The Morgan fingerprint density at radius 1 is 1.16 bits per heavy atom. The van der Waals surface area contributed by atoms with Crippen LogP contribution in [0.15, 0.2) is 68.0 Å². The van der Waals surface area contributed by atoms with Gasteiger partial charge in [-0.3, -0.25) is 10.2 Å². The van der Waals surface area contributed by atoms with Crippen molar-refractivity contribution in [2.75, 3.05) is 0 Å². The number of nitrogens with zero attached hydrogens (tertiary/aromatic N) is 4. The summed E-state index contributed by atoms with van der Waals surface area (Å²) >= 11 is 6.35. The van der Waals surface area contributed by atoms with E-state index in [9.17, 15) is 4.79 Å². The Bertz CT molecular complexity index is 1320. The highest BCUT2D eigenvalue weighted by Gasteiger charge is 2.36. The van der Waals surface area contributed by atoms with Crippen molar-refractivity contribution in [1.29, 1.82) is 5.41 Å². The summed E-state index contributed by atoms with van der Waals surface area (Å²) in [5, 5.41) is 17.7. The molecule has 31 heavy (non-hydrogen) atoms. The van der Waals surface area contributed by atoms with Crippen LogP contribution in [0.25, 0.3) is 11.8 Å². The summed E-state index contributed by atoms with van der Waals surface area (Å²) in [6.45, 7) is 4.03. The minimum atomic E-state index is -0.417. The van der Waals surface area contributed by atoms with Crippen LogP contribution in [0.5, 0.6) is 0 Å². The zero-order valence-electron chi connectivity index (χ0n) is 16.6. The predicted molar refractivity (Wildman–Crippen MR) is 131 cm³/mol. The summed E-state index contributed by atoms with van der Waals surface area (Å²) in [5.74, 6) is -0.373. The van der Waals surface area contributed by atoms with Crippen LogP contribution < -0.4 is 0 Å². The molecule has 5 rings (SSSR count). The van der Waals surface area contributed by atoms with Crippen LogP contribution in [0, 0.1) is 19.3 Å². The number of rotatable bonds is 3. The van der Waals surface area contributed by atoms with Crippen molar-refractivity contribution < 1.29 is 4.79 Å². The van der Waals surface area contributed by atoms with Gasteiger partial charge in [0.2, 0.25) is 5.17 Å². The number of amidine groups is 2. The lowest BCUT2D eigenvalue weighted by atomic mass is 10.1. The number of amides is 1. The van der Waals surface area contributed by atoms with Gasteiger partial charge in [-0.15, -0.1) is 11.3 Å². The number of carbonyl (C=O) groups is 1. The molecular weight excluding hydrogens is 494 g/mol. The second kappa shape index (κ2) is 7.74. The van der Waals surface area contributed by atoms with Crippen LogP contribution >= 0.6 is 39.0 Å². The molecule has 0 bridgehead atoms. The van der Waals surface area contributed by atoms with Crippen molar-refractivity contribution in [3.8, 4) is 5.69 Å². The molecular formula is C22H16BrN5OS2. The van der Waals surface area contributed by atoms with Crippen molar-refractivity contribution in [3.63, 3.8) is 0 Å². The van der Waals surface area contributed by atoms with Gasteiger partial charge in [0.1, 0.15) is 5.04 Å². The number of hydrazone groups is 1. The van der Waals surface area contributed by atoms with E-state index < -0.39 is 5.91 Å². The van der Waals surface area contributed by atoms with Crippen LogP contribution in [0.2, 0.25) is 0 Å². The van der Waals surface area contributed by atoms with E-state index in [1.807, 2.05) is 61.7 Å². The molecule has 0 saturated carbocycles. The van der Waals surface area contributed by atoms with E-state index in [2.05, 4.69) is 30.6 Å². The van der Waals surface area contributed by atoms with E-state index >= 15 is 0 Å². The Hall–Kier alpha value is -2.75. The molecule has 6 nitrogen and oxygen atoms in total. The van der Waals surface area contributed by atoms with Gasteiger partial charge in [0.05, 0.1) is 10.5 Å². The average Bonchev–Trinajstić information content (AvgIpc) is 3.46. The van der Waals surface area contributed by atoms with E-state index in [1.165, 1.54) is 16.8 Å². The topological polar surface area (TPSA) is 73.8 Å². The molecule has 1 aromatic carbocycles. The maximum atomic E-state index is 12.8. The standard InChI is InChI=1S/C22H16BrN5OS2/c1-12-10-14(13(2)27(12)16-7-5-15(23)6-8-16)11-17-19(24)28-22(25-20(17)29)31-21(26-28)18-4-3-9-30-18/h3-11,24H,1-2H3/b17-11-,24-19?. The third-order valence-corrected chi connectivity index (χ3v) is 7.52. The summed E-state index contributed by atoms with van der Waals surface area (Å²) in [5.41, 5.74) is 4.18. The number of aromatic nitrogens is 1. The molecule has 9 heteroatoms. The normalized spacial score (nSPS) is 17.3. The minimum absolute atomic E-state index is 0.0440. The monoisotopic (exact) mass is 509 g/mol. The number of benzene rings is 1. The molecule has 0 fully saturated rings. The number of nitrogens with one attached hydrogen (secondary N) is 1. The number of hydrogen-bond acceptors (Lipinski definition) is 5. The maximum absolute atomic E-state index is 12.8. The lowest BCUT2D eigenvalue weighted by Crippen LogP contribution is -2.35. The van der Waals surface area contributed by atoms with Gasteiger partial charge < -0.3 is 4.57 Å². The summed E-state index contributed by atoms with van der Waals surface area (Å²) in [6.07, 6.45) is 1.74. The summed E-state index contributed by atoms with van der Waals surface area (Å²) in [4.78, 5) is 17.9. The molecule has 0 saturated heterocycles. The van der Waals surface area contributed by atoms with Crippen molar-refractivity contribution in [2.45, 2.75) is 13.8 Å². The Morgan fingerprint density at radius 3 is 2.65 bits per heavy atom. The lowest BCUT2D eigenvalue weighted by Gasteiger charge is -2.20. The molecule has 1 N–H and O–H groups in total. The van der Waals surface area contributed by atoms with E-state index in [-0.39, 0.29) is 11.4 Å². The molecule has 0 aliphatic carbocycles. The molecule has 3 aromatic rings.